The van der Waals surface area contributed by atoms with E-state index in [0.717, 1.165) is 83.7 Å². The number of aromatic amines is 2. The third-order valence-corrected chi connectivity index (χ3v) is 10.5. The second-order valence-electron chi connectivity index (χ2n) is 14.7. The van der Waals surface area contributed by atoms with E-state index in [4.69, 9.17) is 14.7 Å². The molecule has 0 radical (unpaired) electrons. The van der Waals surface area contributed by atoms with Crippen molar-refractivity contribution in [2.45, 2.75) is 84.8 Å². The molecular weight excluding hydrogens is 642 g/mol. The molecule has 4 aromatic rings. The van der Waals surface area contributed by atoms with Gasteiger partial charge in [-0.2, -0.15) is 0 Å². The second kappa shape index (κ2) is 15.5. The van der Waals surface area contributed by atoms with Crippen LogP contribution < -0.4 is 5.32 Å². The van der Waals surface area contributed by atoms with Gasteiger partial charge >= 0.3 is 6.09 Å². The SMILES string of the molecule is COC(=O)N[C@H](C(=O)N1CCC[C@H]1c1nc2ccc(C/C=C/c3ccc(-c4cnc([C@@H]5CCCN5C(=O)[C@@H](C)C(C)C)[nH]4)cc3)cc2[nH]1)C(C)C. The van der Waals surface area contributed by atoms with Gasteiger partial charge in [0.15, 0.2) is 0 Å². The van der Waals surface area contributed by atoms with Crippen LogP contribution in [-0.4, -0.2) is 73.9 Å². The third kappa shape index (κ3) is 7.87. The lowest BCUT2D eigenvalue weighted by atomic mass is 9.96. The molecule has 2 saturated heterocycles. The minimum Gasteiger partial charge on any atom is -0.453 e. The van der Waals surface area contributed by atoms with Crippen LogP contribution in [0.5, 0.6) is 0 Å². The number of benzene rings is 2. The minimum absolute atomic E-state index is 0.00292. The van der Waals surface area contributed by atoms with E-state index in [2.05, 4.69) is 77.7 Å². The number of fused-ring (bicyclic) bond motifs is 1. The zero-order valence-corrected chi connectivity index (χ0v) is 30.6. The number of aromatic nitrogens is 4. The average molecular weight is 694 g/mol. The number of nitrogens with one attached hydrogen (secondary N) is 3. The summed E-state index contributed by atoms with van der Waals surface area (Å²) in [6.07, 6.45) is 9.90. The molecule has 2 aromatic heterocycles. The predicted molar refractivity (Wildman–Crippen MR) is 198 cm³/mol. The molecule has 0 spiro atoms. The topological polar surface area (TPSA) is 136 Å². The Bertz CT molecular complexity index is 1870. The number of amides is 3. The van der Waals surface area contributed by atoms with E-state index >= 15 is 0 Å². The van der Waals surface area contributed by atoms with Gasteiger partial charge in [0.1, 0.15) is 17.7 Å². The van der Waals surface area contributed by atoms with E-state index in [1.54, 1.807) is 0 Å². The molecule has 0 saturated carbocycles. The summed E-state index contributed by atoms with van der Waals surface area (Å²) in [6.45, 7) is 11.4. The van der Waals surface area contributed by atoms with Gasteiger partial charge in [0.2, 0.25) is 11.8 Å². The van der Waals surface area contributed by atoms with Crippen LogP contribution in [0.4, 0.5) is 4.79 Å². The number of carbonyl (C=O) groups is 3. The van der Waals surface area contributed by atoms with Crippen molar-refractivity contribution in [2.24, 2.45) is 17.8 Å². The quantitative estimate of drug-likeness (QED) is 0.152. The molecule has 3 amide bonds. The predicted octanol–water partition coefficient (Wildman–Crippen LogP) is 7.21. The summed E-state index contributed by atoms with van der Waals surface area (Å²) in [5, 5.41) is 2.71. The number of hydrogen-bond donors (Lipinski definition) is 3. The van der Waals surface area contributed by atoms with Crippen molar-refractivity contribution >= 4 is 35.0 Å². The highest BCUT2D eigenvalue weighted by molar-refractivity contribution is 5.86. The summed E-state index contributed by atoms with van der Waals surface area (Å²) >= 11 is 0. The lowest BCUT2D eigenvalue weighted by Crippen LogP contribution is -2.51. The van der Waals surface area contributed by atoms with E-state index < -0.39 is 12.1 Å². The fourth-order valence-electron chi connectivity index (χ4n) is 7.17. The largest absolute Gasteiger partial charge is 0.453 e. The number of allylic oxidation sites excluding steroid dienone is 1. The monoisotopic (exact) mass is 693 g/mol. The van der Waals surface area contributed by atoms with E-state index in [-0.39, 0.29) is 35.7 Å². The highest BCUT2D eigenvalue weighted by Gasteiger charge is 2.38. The highest BCUT2D eigenvalue weighted by Crippen LogP contribution is 2.35. The molecule has 6 rings (SSSR count). The summed E-state index contributed by atoms with van der Waals surface area (Å²) in [4.78, 5) is 58.9. The standard InChI is InChI=1S/C40H51N7O4/c1-24(2)26(5)38(48)46-20-8-12-33(46)36-41-23-32(44-36)29-17-14-27(15-18-29)10-7-11-28-16-19-30-31(22-28)43-37(42-30)34-13-9-21-47(34)39(49)35(25(3)4)45-40(50)51-6/h7,10,14-19,22-26,33-35H,8-9,11-13,20-21H2,1-6H3,(H,41,44)(H,42,43)(H,45,50)/b10-7+/t26-,33-,34-,35-/m0/s1. The summed E-state index contributed by atoms with van der Waals surface area (Å²) < 4.78 is 4.76. The van der Waals surface area contributed by atoms with Crippen molar-refractivity contribution < 1.29 is 19.1 Å². The lowest BCUT2D eigenvalue weighted by molar-refractivity contribution is -0.137. The van der Waals surface area contributed by atoms with Crippen molar-refractivity contribution in [3.8, 4) is 11.3 Å². The summed E-state index contributed by atoms with van der Waals surface area (Å²) in [5.41, 5.74) is 6.06. The van der Waals surface area contributed by atoms with Crippen molar-refractivity contribution in [3.05, 3.63) is 77.5 Å². The normalized spacial score (nSPS) is 19.1. The Morgan fingerprint density at radius 3 is 2.25 bits per heavy atom. The number of methoxy groups -OCH3 is 1. The smallest absolute Gasteiger partial charge is 0.407 e. The number of alkyl carbamates (subject to hydrolysis) is 1. The van der Waals surface area contributed by atoms with Gasteiger partial charge in [-0.05, 0) is 72.8 Å². The summed E-state index contributed by atoms with van der Waals surface area (Å²) in [7, 11) is 1.30. The first kappa shape index (κ1) is 35.9. The molecule has 2 fully saturated rings. The number of H-pyrrole nitrogens is 2. The molecule has 0 aliphatic carbocycles. The van der Waals surface area contributed by atoms with Gasteiger partial charge in [0, 0.05) is 19.0 Å². The summed E-state index contributed by atoms with van der Waals surface area (Å²) in [5.74, 6) is 1.94. The molecule has 3 N–H and O–H groups in total. The molecule has 270 valence electrons. The fourth-order valence-corrected chi connectivity index (χ4v) is 7.17. The molecule has 11 heteroatoms. The molecule has 2 aliphatic heterocycles. The Balaban J connectivity index is 1.08. The van der Waals surface area contributed by atoms with Crippen LogP contribution in [0.2, 0.25) is 0 Å². The third-order valence-electron chi connectivity index (χ3n) is 10.5. The van der Waals surface area contributed by atoms with Crippen LogP contribution in [0, 0.1) is 17.8 Å². The first-order chi connectivity index (χ1) is 24.5. The van der Waals surface area contributed by atoms with Gasteiger partial charge in [-0.3, -0.25) is 9.59 Å². The van der Waals surface area contributed by atoms with Gasteiger partial charge in [0.05, 0.1) is 42.1 Å². The lowest BCUT2D eigenvalue weighted by Gasteiger charge is -2.29. The van der Waals surface area contributed by atoms with Gasteiger partial charge in [0.25, 0.3) is 0 Å². The maximum atomic E-state index is 13.5. The number of ether oxygens (including phenoxy) is 1. The minimum atomic E-state index is -0.667. The highest BCUT2D eigenvalue weighted by atomic mass is 16.5. The van der Waals surface area contributed by atoms with Crippen LogP contribution in [0.3, 0.4) is 0 Å². The number of carbonyl (C=O) groups excluding carboxylic acids is 3. The zero-order chi connectivity index (χ0) is 36.2. The van der Waals surface area contributed by atoms with Gasteiger partial charge in [-0.1, -0.05) is 77.1 Å². The van der Waals surface area contributed by atoms with Crippen molar-refractivity contribution in [3.63, 3.8) is 0 Å². The molecule has 2 aromatic carbocycles. The van der Waals surface area contributed by atoms with E-state index in [1.807, 2.05) is 42.8 Å². The fraction of sp³-hybridized carbons (Fsp3) is 0.475. The first-order valence-corrected chi connectivity index (χ1v) is 18.3. The molecule has 0 unspecified atom stereocenters. The Morgan fingerprint density at radius 1 is 0.902 bits per heavy atom. The molecule has 51 heavy (non-hydrogen) atoms. The van der Waals surface area contributed by atoms with E-state index in [1.165, 1.54) is 7.11 Å². The molecule has 11 nitrogen and oxygen atoms in total. The van der Waals surface area contributed by atoms with Gasteiger partial charge in [-0.15, -0.1) is 0 Å². The van der Waals surface area contributed by atoms with Crippen molar-refractivity contribution in [1.82, 2.24) is 35.1 Å². The Kier molecular flexibility index (Phi) is 10.9. The Labute approximate surface area is 300 Å². The number of likely N-dealkylation sites (tertiary alicyclic amines) is 2. The molecular formula is C40H51N7O4. The maximum absolute atomic E-state index is 13.5. The molecule has 0 bridgehead atoms. The Hall–Kier alpha value is -4.93. The van der Waals surface area contributed by atoms with Gasteiger partial charge < -0.3 is 29.8 Å². The van der Waals surface area contributed by atoms with Crippen LogP contribution in [0.1, 0.15) is 95.2 Å². The number of imidazole rings is 2. The van der Waals surface area contributed by atoms with Crippen LogP contribution >= 0.6 is 0 Å². The van der Waals surface area contributed by atoms with E-state index in [0.29, 0.717) is 12.5 Å². The molecule has 2 aliphatic rings. The maximum Gasteiger partial charge on any atom is 0.407 e. The van der Waals surface area contributed by atoms with Crippen LogP contribution in [0.25, 0.3) is 28.4 Å². The van der Waals surface area contributed by atoms with Crippen molar-refractivity contribution in [1.29, 1.82) is 0 Å². The summed E-state index contributed by atoms with van der Waals surface area (Å²) in [6, 6.07) is 13.8. The number of nitrogens with zero attached hydrogens (tertiary/aromatic N) is 4. The van der Waals surface area contributed by atoms with Crippen LogP contribution in [0.15, 0.2) is 54.7 Å². The van der Waals surface area contributed by atoms with Gasteiger partial charge in [-0.25, -0.2) is 14.8 Å². The van der Waals surface area contributed by atoms with E-state index in [9.17, 15) is 14.4 Å². The second-order valence-corrected chi connectivity index (χ2v) is 14.7. The van der Waals surface area contributed by atoms with Crippen molar-refractivity contribution in [2.75, 3.05) is 20.2 Å². The molecule has 4 heterocycles. The first-order valence-electron chi connectivity index (χ1n) is 18.3. The molecule has 4 atom stereocenters. The Morgan fingerprint density at radius 2 is 1.59 bits per heavy atom. The number of rotatable bonds is 11. The average Bonchev–Trinajstić information content (AvgIpc) is 3.95. The number of hydrogen-bond acceptors (Lipinski definition) is 6. The van der Waals surface area contributed by atoms with Crippen LogP contribution in [-0.2, 0) is 20.7 Å². The zero-order valence-electron chi connectivity index (χ0n) is 30.6.